The summed E-state index contributed by atoms with van der Waals surface area (Å²) in [5.41, 5.74) is 0.559. The number of ether oxygens (including phenoxy) is 1. The molecule has 0 spiro atoms. The minimum Gasteiger partial charge on any atom is -0.455 e. The van der Waals surface area contributed by atoms with Crippen molar-refractivity contribution in [3.05, 3.63) is 83.4 Å². The first kappa shape index (κ1) is 19.7. The molecule has 2 N–H and O–H groups in total. The molecule has 0 atom stereocenters. The first-order valence-corrected chi connectivity index (χ1v) is 10.1. The van der Waals surface area contributed by atoms with Crippen LogP contribution >= 0.6 is 11.6 Å². The van der Waals surface area contributed by atoms with Gasteiger partial charge >= 0.3 is 0 Å². The molecule has 0 aliphatic carbocycles. The van der Waals surface area contributed by atoms with E-state index < -0.39 is 10.0 Å². The van der Waals surface area contributed by atoms with E-state index in [1.165, 1.54) is 37.4 Å². The molecule has 3 rings (SSSR count). The number of benzene rings is 3. The molecule has 0 heterocycles. The molecule has 28 heavy (non-hydrogen) atoms. The van der Waals surface area contributed by atoms with Crippen LogP contribution in [-0.4, -0.2) is 21.4 Å². The highest BCUT2D eigenvalue weighted by atomic mass is 35.5. The van der Waals surface area contributed by atoms with Crippen molar-refractivity contribution in [1.82, 2.24) is 5.32 Å². The molecule has 0 aromatic heterocycles. The van der Waals surface area contributed by atoms with Crippen LogP contribution in [0.3, 0.4) is 0 Å². The number of amides is 1. The van der Waals surface area contributed by atoms with Gasteiger partial charge < -0.3 is 10.1 Å². The van der Waals surface area contributed by atoms with Gasteiger partial charge in [0, 0.05) is 17.6 Å². The number of carbonyl (C=O) groups is 1. The first-order chi connectivity index (χ1) is 13.4. The largest absolute Gasteiger partial charge is 0.455 e. The number of para-hydroxylation sites is 1. The summed E-state index contributed by atoms with van der Waals surface area (Å²) in [6.07, 6.45) is 0. The third-order valence-corrected chi connectivity index (χ3v) is 5.43. The molecule has 0 radical (unpaired) electrons. The summed E-state index contributed by atoms with van der Waals surface area (Å²) in [7, 11) is -2.41. The van der Waals surface area contributed by atoms with Gasteiger partial charge in [0.05, 0.1) is 10.6 Å². The maximum absolute atomic E-state index is 12.8. The number of sulfonamides is 1. The monoisotopic (exact) mass is 416 g/mol. The number of rotatable bonds is 6. The molecule has 6 nitrogen and oxygen atoms in total. The highest BCUT2D eigenvalue weighted by molar-refractivity contribution is 7.92. The van der Waals surface area contributed by atoms with Crippen LogP contribution in [0.4, 0.5) is 5.69 Å². The van der Waals surface area contributed by atoms with E-state index in [4.69, 9.17) is 16.3 Å². The maximum atomic E-state index is 12.8. The highest BCUT2D eigenvalue weighted by Crippen LogP contribution is 2.33. The molecule has 0 fully saturated rings. The summed E-state index contributed by atoms with van der Waals surface area (Å²) >= 11 is 6.03. The Hall–Kier alpha value is -3.03. The predicted molar refractivity (Wildman–Crippen MR) is 109 cm³/mol. The number of hydrogen-bond acceptors (Lipinski definition) is 4. The van der Waals surface area contributed by atoms with E-state index in [-0.39, 0.29) is 16.5 Å². The van der Waals surface area contributed by atoms with Crippen LogP contribution in [-0.2, 0) is 10.0 Å². The molecule has 8 heteroatoms. The minimum absolute atomic E-state index is 0.00536. The van der Waals surface area contributed by atoms with Crippen LogP contribution in [0.15, 0.2) is 77.7 Å². The van der Waals surface area contributed by atoms with Crippen LogP contribution in [0.25, 0.3) is 0 Å². The Morgan fingerprint density at radius 2 is 1.64 bits per heavy atom. The average Bonchev–Trinajstić information content (AvgIpc) is 2.70. The summed E-state index contributed by atoms with van der Waals surface area (Å²) in [5.74, 6) is 0.562. The lowest BCUT2D eigenvalue weighted by molar-refractivity contribution is 0.0963. The lowest BCUT2D eigenvalue weighted by Gasteiger charge is -2.14. The second-order valence-electron chi connectivity index (χ2n) is 5.76. The van der Waals surface area contributed by atoms with Crippen molar-refractivity contribution >= 4 is 33.2 Å². The van der Waals surface area contributed by atoms with Crippen LogP contribution in [0.5, 0.6) is 11.5 Å². The van der Waals surface area contributed by atoms with Crippen LogP contribution in [0.1, 0.15) is 10.4 Å². The van der Waals surface area contributed by atoms with E-state index in [1.54, 1.807) is 24.3 Å². The van der Waals surface area contributed by atoms with E-state index in [1.807, 2.05) is 18.2 Å². The smallest absolute Gasteiger partial charge is 0.262 e. The van der Waals surface area contributed by atoms with Crippen LogP contribution < -0.4 is 14.8 Å². The van der Waals surface area contributed by atoms with Gasteiger partial charge in [0.1, 0.15) is 5.75 Å². The van der Waals surface area contributed by atoms with Gasteiger partial charge in [0.2, 0.25) is 0 Å². The standard InChI is InChI=1S/C20H17ClN2O4S/c1-22-20(24)14-7-10-17(11-8-14)28(25,26)23-18-13-15(21)9-12-19(18)27-16-5-3-2-4-6-16/h2-13,23H,1H3,(H,22,24). The van der Waals surface area contributed by atoms with E-state index in [9.17, 15) is 13.2 Å². The summed E-state index contributed by atoms with van der Waals surface area (Å²) < 4.78 is 33.8. The Bertz CT molecular complexity index is 1080. The van der Waals surface area contributed by atoms with Crippen molar-refractivity contribution < 1.29 is 17.9 Å². The zero-order chi connectivity index (χ0) is 20.1. The lowest BCUT2D eigenvalue weighted by Crippen LogP contribution is -2.18. The summed E-state index contributed by atoms with van der Waals surface area (Å²) in [6.45, 7) is 0. The number of halogens is 1. The normalized spacial score (nSPS) is 10.9. The molecule has 144 valence electrons. The lowest BCUT2D eigenvalue weighted by atomic mass is 10.2. The Kier molecular flexibility index (Phi) is 5.87. The molecular weight excluding hydrogens is 400 g/mol. The predicted octanol–water partition coefficient (Wildman–Crippen LogP) is 4.29. The van der Waals surface area contributed by atoms with Gasteiger partial charge in [-0.2, -0.15) is 0 Å². The van der Waals surface area contributed by atoms with E-state index in [2.05, 4.69) is 10.0 Å². The van der Waals surface area contributed by atoms with Crippen LogP contribution in [0, 0.1) is 0 Å². The van der Waals surface area contributed by atoms with Crippen molar-refractivity contribution in [3.63, 3.8) is 0 Å². The van der Waals surface area contributed by atoms with Gasteiger partial charge in [-0.05, 0) is 54.6 Å². The number of hydrogen-bond donors (Lipinski definition) is 2. The van der Waals surface area contributed by atoms with Crippen LogP contribution in [0.2, 0.25) is 5.02 Å². The second kappa shape index (κ2) is 8.33. The van der Waals surface area contributed by atoms with E-state index in [0.29, 0.717) is 22.1 Å². The third kappa shape index (κ3) is 4.62. The molecular formula is C20H17ClN2O4S. The first-order valence-electron chi connectivity index (χ1n) is 8.26. The van der Waals surface area contributed by atoms with Gasteiger partial charge in [-0.3, -0.25) is 9.52 Å². The Morgan fingerprint density at radius 3 is 2.29 bits per heavy atom. The number of nitrogens with one attached hydrogen (secondary N) is 2. The van der Waals surface area contributed by atoms with Crippen molar-refractivity contribution in [2.75, 3.05) is 11.8 Å². The van der Waals surface area contributed by atoms with E-state index in [0.717, 1.165) is 0 Å². The molecule has 0 bridgehead atoms. The van der Waals surface area contributed by atoms with Crippen molar-refractivity contribution in [1.29, 1.82) is 0 Å². The second-order valence-corrected chi connectivity index (χ2v) is 7.88. The molecule has 1 amide bonds. The highest BCUT2D eigenvalue weighted by Gasteiger charge is 2.18. The fraction of sp³-hybridized carbons (Fsp3) is 0.0500. The SMILES string of the molecule is CNC(=O)c1ccc(S(=O)(=O)Nc2cc(Cl)ccc2Oc2ccccc2)cc1. The average molecular weight is 417 g/mol. The van der Waals surface area contributed by atoms with Gasteiger partial charge in [0.25, 0.3) is 15.9 Å². The summed E-state index contributed by atoms with van der Waals surface area (Å²) in [4.78, 5) is 11.6. The van der Waals surface area contributed by atoms with Gasteiger partial charge in [0.15, 0.2) is 5.75 Å². The summed E-state index contributed by atoms with van der Waals surface area (Å²) in [6, 6.07) is 19.2. The quantitative estimate of drug-likeness (QED) is 0.627. The Labute approximate surface area is 168 Å². The van der Waals surface area contributed by atoms with Gasteiger partial charge in [-0.15, -0.1) is 0 Å². The molecule has 0 unspecified atom stereocenters. The Balaban J connectivity index is 1.89. The zero-order valence-electron chi connectivity index (χ0n) is 14.8. The van der Waals surface area contributed by atoms with Crippen molar-refractivity contribution in [3.8, 4) is 11.5 Å². The molecule has 0 saturated heterocycles. The molecule has 3 aromatic carbocycles. The fourth-order valence-electron chi connectivity index (χ4n) is 2.42. The number of carbonyl (C=O) groups excluding carboxylic acids is 1. The number of anilines is 1. The van der Waals surface area contributed by atoms with Gasteiger partial charge in [-0.1, -0.05) is 29.8 Å². The Morgan fingerprint density at radius 1 is 0.964 bits per heavy atom. The molecule has 3 aromatic rings. The van der Waals surface area contributed by atoms with Crippen molar-refractivity contribution in [2.24, 2.45) is 0 Å². The zero-order valence-corrected chi connectivity index (χ0v) is 16.4. The topological polar surface area (TPSA) is 84.5 Å². The molecule has 0 aliphatic rings. The minimum atomic E-state index is -3.91. The maximum Gasteiger partial charge on any atom is 0.262 e. The molecule has 0 saturated carbocycles. The fourth-order valence-corrected chi connectivity index (χ4v) is 3.65. The van der Waals surface area contributed by atoms with E-state index >= 15 is 0 Å². The molecule has 0 aliphatic heterocycles. The summed E-state index contributed by atoms with van der Waals surface area (Å²) in [5, 5.41) is 2.84. The third-order valence-electron chi connectivity index (χ3n) is 3.81. The van der Waals surface area contributed by atoms with Crippen molar-refractivity contribution in [2.45, 2.75) is 4.90 Å². The van der Waals surface area contributed by atoms with Gasteiger partial charge in [-0.25, -0.2) is 8.42 Å².